The summed E-state index contributed by atoms with van der Waals surface area (Å²) < 4.78 is 25.5. The van der Waals surface area contributed by atoms with Gasteiger partial charge < -0.3 is 14.8 Å². The molecule has 2 aromatic rings. The number of fused-ring (bicyclic) bond motifs is 1. The number of ether oxygens (including phenoxy) is 2. The number of allylic oxidation sites excluding steroid dienone is 1. The molecule has 2 heterocycles. The van der Waals surface area contributed by atoms with Crippen LogP contribution in [-0.4, -0.2) is 39.9 Å². The highest BCUT2D eigenvalue weighted by Crippen LogP contribution is 2.36. The number of methoxy groups -OCH3 is 1. The minimum absolute atomic E-state index is 0.122. The average Bonchev–Trinajstić information content (AvgIpc) is 3.17. The van der Waals surface area contributed by atoms with E-state index in [2.05, 4.69) is 15.4 Å². The minimum atomic E-state index is -0.719. The molecule has 1 N–H and O–H groups in total. The van der Waals surface area contributed by atoms with Crippen LogP contribution in [0.25, 0.3) is 0 Å². The first-order valence-corrected chi connectivity index (χ1v) is 9.97. The van der Waals surface area contributed by atoms with Crippen molar-refractivity contribution < 1.29 is 23.5 Å². The second-order valence-electron chi connectivity index (χ2n) is 7.48. The number of anilines is 1. The van der Waals surface area contributed by atoms with E-state index < -0.39 is 23.8 Å². The van der Waals surface area contributed by atoms with Crippen molar-refractivity contribution in [2.45, 2.75) is 51.2 Å². The van der Waals surface area contributed by atoms with Crippen LogP contribution in [0.5, 0.6) is 0 Å². The summed E-state index contributed by atoms with van der Waals surface area (Å²) in [5, 5.41) is 7.27. The van der Waals surface area contributed by atoms with Crippen LogP contribution >= 0.6 is 0 Å². The number of nitrogens with zero attached hydrogens (tertiary/aromatic N) is 3. The van der Waals surface area contributed by atoms with Crippen LogP contribution in [-0.2, 0) is 14.3 Å². The summed E-state index contributed by atoms with van der Waals surface area (Å²) in [6.45, 7) is 1.74. The van der Waals surface area contributed by atoms with Crippen LogP contribution in [0.2, 0.25) is 0 Å². The number of benzene rings is 1. The molecule has 8 nitrogen and oxygen atoms in total. The topological polar surface area (TPSA) is 95.3 Å². The quantitative estimate of drug-likeness (QED) is 0.767. The van der Waals surface area contributed by atoms with Gasteiger partial charge in [-0.1, -0.05) is 18.6 Å². The van der Waals surface area contributed by atoms with E-state index in [0.29, 0.717) is 16.8 Å². The molecular weight excluding hydrogens is 391 g/mol. The summed E-state index contributed by atoms with van der Waals surface area (Å²) >= 11 is 0. The van der Waals surface area contributed by atoms with Crippen LogP contribution in [0.1, 0.15) is 61.3 Å². The molecule has 9 heteroatoms. The number of carbonyl (C=O) groups is 2. The van der Waals surface area contributed by atoms with Gasteiger partial charge >= 0.3 is 11.9 Å². The summed E-state index contributed by atoms with van der Waals surface area (Å²) in [5.74, 6) is -1.39. The molecule has 2 aliphatic rings. The Morgan fingerprint density at radius 1 is 1.13 bits per heavy atom. The van der Waals surface area contributed by atoms with Gasteiger partial charge in [-0.3, -0.25) is 0 Å². The van der Waals surface area contributed by atoms with Crippen LogP contribution in [0.3, 0.4) is 0 Å². The van der Waals surface area contributed by atoms with Crippen LogP contribution in [0.15, 0.2) is 35.5 Å². The van der Waals surface area contributed by atoms with Crippen LogP contribution in [0.4, 0.5) is 10.3 Å². The van der Waals surface area contributed by atoms with Crippen LogP contribution < -0.4 is 5.32 Å². The van der Waals surface area contributed by atoms with Gasteiger partial charge in [0.1, 0.15) is 18.0 Å². The second-order valence-corrected chi connectivity index (χ2v) is 7.48. The van der Waals surface area contributed by atoms with Crippen molar-refractivity contribution >= 4 is 17.9 Å². The number of nitrogens with one attached hydrogen (secondary N) is 1. The second kappa shape index (κ2) is 8.25. The molecule has 30 heavy (non-hydrogen) atoms. The first kappa shape index (κ1) is 20.1. The Labute approximate surface area is 173 Å². The van der Waals surface area contributed by atoms with E-state index in [9.17, 15) is 14.0 Å². The molecule has 158 valence electrons. The Morgan fingerprint density at radius 2 is 1.83 bits per heavy atom. The number of aromatic nitrogens is 3. The van der Waals surface area contributed by atoms with Gasteiger partial charge in [-0.25, -0.2) is 18.7 Å². The fourth-order valence-electron chi connectivity index (χ4n) is 3.94. The summed E-state index contributed by atoms with van der Waals surface area (Å²) in [6, 6.07) is 5.07. The van der Waals surface area contributed by atoms with E-state index in [1.165, 1.54) is 23.9 Å². The third kappa shape index (κ3) is 3.79. The number of rotatable bonds is 4. The molecule has 0 bridgehead atoms. The lowest BCUT2D eigenvalue weighted by atomic mass is 9.95. The third-order valence-corrected chi connectivity index (χ3v) is 5.45. The van der Waals surface area contributed by atoms with E-state index in [-0.39, 0.29) is 17.9 Å². The molecule has 1 aromatic carbocycles. The number of carbonyl (C=O) groups excluding carboxylic acids is 2. The van der Waals surface area contributed by atoms with Crippen molar-refractivity contribution in [2.75, 3.05) is 12.4 Å². The zero-order valence-corrected chi connectivity index (χ0v) is 16.9. The monoisotopic (exact) mass is 414 g/mol. The van der Waals surface area contributed by atoms with Crippen molar-refractivity contribution in [2.24, 2.45) is 0 Å². The van der Waals surface area contributed by atoms with Gasteiger partial charge in [-0.2, -0.15) is 4.98 Å². The molecule has 0 amide bonds. The fourth-order valence-corrected chi connectivity index (χ4v) is 3.94. The molecule has 1 aliphatic heterocycles. The summed E-state index contributed by atoms with van der Waals surface area (Å²) in [5.41, 5.74) is 1.51. The molecule has 1 aromatic heterocycles. The zero-order chi connectivity index (χ0) is 21.3. The maximum Gasteiger partial charge on any atom is 0.378 e. The minimum Gasteiger partial charge on any atom is -0.463 e. The fraction of sp³-hybridized carbons (Fsp3) is 0.429. The lowest BCUT2D eigenvalue weighted by Crippen LogP contribution is -2.32. The highest BCUT2D eigenvalue weighted by molar-refractivity contribution is 5.93. The van der Waals surface area contributed by atoms with Crippen molar-refractivity contribution in [3.8, 4) is 0 Å². The highest BCUT2D eigenvalue weighted by Gasteiger charge is 2.37. The van der Waals surface area contributed by atoms with Gasteiger partial charge in [0.05, 0.1) is 12.7 Å². The lowest BCUT2D eigenvalue weighted by molar-refractivity contribution is -0.146. The lowest BCUT2D eigenvalue weighted by Gasteiger charge is -2.30. The Balaban J connectivity index is 1.74. The molecule has 1 atom stereocenters. The van der Waals surface area contributed by atoms with Crippen molar-refractivity contribution in [3.05, 3.63) is 52.7 Å². The van der Waals surface area contributed by atoms with E-state index in [0.717, 1.165) is 32.1 Å². The normalized spacial score (nSPS) is 19.1. The third-order valence-electron chi connectivity index (χ3n) is 5.45. The maximum atomic E-state index is 13.5. The summed E-state index contributed by atoms with van der Waals surface area (Å²) in [6.07, 6.45) is 4.77. The molecule has 0 spiro atoms. The zero-order valence-electron chi connectivity index (χ0n) is 16.9. The Kier molecular flexibility index (Phi) is 5.52. The number of hydrogen-bond donors (Lipinski definition) is 1. The molecule has 1 fully saturated rings. The van der Waals surface area contributed by atoms with Gasteiger partial charge in [0.2, 0.25) is 5.95 Å². The van der Waals surface area contributed by atoms with Gasteiger partial charge in [0.25, 0.3) is 5.82 Å². The van der Waals surface area contributed by atoms with E-state index in [1.807, 2.05) is 0 Å². The predicted molar refractivity (Wildman–Crippen MR) is 105 cm³/mol. The summed E-state index contributed by atoms with van der Waals surface area (Å²) in [4.78, 5) is 29.3. The predicted octanol–water partition coefficient (Wildman–Crippen LogP) is 3.37. The van der Waals surface area contributed by atoms with E-state index in [1.54, 1.807) is 19.1 Å². The molecule has 0 radical (unpaired) electrons. The van der Waals surface area contributed by atoms with Crippen molar-refractivity contribution in [1.29, 1.82) is 0 Å². The first-order chi connectivity index (χ1) is 14.5. The maximum absolute atomic E-state index is 13.5. The van der Waals surface area contributed by atoms with E-state index >= 15 is 0 Å². The molecule has 0 saturated heterocycles. The average molecular weight is 414 g/mol. The molecular formula is C21H23FN4O4. The standard InChI is InChI=1S/C21H23FN4O4/c1-12-16(19(27)30-15-6-4-3-5-7-15)17(13-8-10-14(22)11-9-13)26-21(23-12)24-18(25-26)20(28)29-2/h8-11,15,17H,3-7H2,1-2H3,(H,23,24,25)/t17-/m0/s1. The number of hydrogen-bond acceptors (Lipinski definition) is 7. The first-order valence-electron chi connectivity index (χ1n) is 9.97. The van der Waals surface area contributed by atoms with Gasteiger partial charge in [0.15, 0.2) is 0 Å². The van der Waals surface area contributed by atoms with Crippen LogP contribution in [0, 0.1) is 5.82 Å². The number of esters is 2. The SMILES string of the molecule is COC(=O)c1nc2n(n1)[C@@H](c1ccc(F)cc1)C(C(=O)OC1CCCCC1)=C(C)N2. The van der Waals surface area contributed by atoms with Gasteiger partial charge in [0, 0.05) is 5.70 Å². The van der Waals surface area contributed by atoms with E-state index in [4.69, 9.17) is 9.47 Å². The molecule has 1 saturated carbocycles. The largest absolute Gasteiger partial charge is 0.463 e. The number of halogens is 1. The Bertz CT molecular complexity index is 993. The molecule has 4 rings (SSSR count). The van der Waals surface area contributed by atoms with Crippen molar-refractivity contribution in [3.63, 3.8) is 0 Å². The highest BCUT2D eigenvalue weighted by atomic mass is 19.1. The Hall–Kier alpha value is -3.23. The van der Waals surface area contributed by atoms with Gasteiger partial charge in [-0.15, -0.1) is 5.10 Å². The molecule has 1 aliphatic carbocycles. The smallest absolute Gasteiger partial charge is 0.378 e. The molecule has 0 unspecified atom stereocenters. The summed E-state index contributed by atoms with van der Waals surface area (Å²) in [7, 11) is 1.24. The van der Waals surface area contributed by atoms with Gasteiger partial charge in [-0.05, 0) is 50.3 Å². The Morgan fingerprint density at radius 3 is 2.50 bits per heavy atom. The van der Waals surface area contributed by atoms with Crippen molar-refractivity contribution in [1.82, 2.24) is 14.8 Å².